The molecule has 0 unspecified atom stereocenters. The molecule has 1 amide bonds. The van der Waals surface area contributed by atoms with E-state index in [2.05, 4.69) is 10.3 Å². The van der Waals surface area contributed by atoms with Gasteiger partial charge >= 0.3 is 0 Å². The van der Waals surface area contributed by atoms with Crippen molar-refractivity contribution < 1.29 is 14.4 Å². The van der Waals surface area contributed by atoms with Crippen molar-refractivity contribution in [1.29, 1.82) is 0 Å². The lowest BCUT2D eigenvalue weighted by Crippen LogP contribution is -2.16. The van der Waals surface area contributed by atoms with E-state index in [0.29, 0.717) is 0 Å². The fourth-order valence-electron chi connectivity index (χ4n) is 2.77. The number of carbonyl (C=O) groups excluding carboxylic acids is 1. The number of benzene rings is 2. The summed E-state index contributed by atoms with van der Waals surface area (Å²) in [5.41, 5.74) is 5.58. The predicted molar refractivity (Wildman–Crippen MR) is 99.1 cm³/mol. The van der Waals surface area contributed by atoms with E-state index >= 15 is 0 Å². The summed E-state index contributed by atoms with van der Waals surface area (Å²) in [5, 5.41) is 12.7. The molecule has 0 aliphatic heterocycles. The fourth-order valence-corrected chi connectivity index (χ4v) is 2.77. The second-order valence-corrected chi connectivity index (χ2v) is 5.98. The molecule has 0 saturated carbocycles. The minimum atomic E-state index is -0.562. The van der Waals surface area contributed by atoms with Crippen LogP contribution in [0.1, 0.15) is 16.7 Å². The van der Waals surface area contributed by atoms with E-state index in [1.165, 1.54) is 12.1 Å². The molecule has 5 nitrogen and oxygen atoms in total. The Kier molecular flexibility index (Phi) is 5.78. The molecule has 6 heteroatoms. The largest absolute Gasteiger partial charge is 0.361 e. The van der Waals surface area contributed by atoms with Crippen LogP contribution in [0.15, 0.2) is 54.7 Å². The highest BCUT2D eigenvalue weighted by Gasteiger charge is 2.04. The molecule has 3 rings (SSSR count). The van der Waals surface area contributed by atoms with Crippen molar-refractivity contribution in [3.05, 3.63) is 77.2 Å². The first-order chi connectivity index (χ1) is 12.7. The van der Waals surface area contributed by atoms with E-state index in [1.54, 1.807) is 23.7 Å². The molecule has 2 aromatic carbocycles. The maximum Gasteiger partial charge on any atom is 0.267 e. The summed E-state index contributed by atoms with van der Waals surface area (Å²) >= 11 is 0. The summed E-state index contributed by atoms with van der Waals surface area (Å²) in [4.78, 5) is 14.1. The molecular formula is C20H20FN3O2. The summed E-state index contributed by atoms with van der Waals surface area (Å²) < 4.78 is 13.4. The van der Waals surface area contributed by atoms with Crippen molar-refractivity contribution in [1.82, 2.24) is 15.8 Å². The Morgan fingerprint density at radius 1 is 1.19 bits per heavy atom. The second-order valence-electron chi connectivity index (χ2n) is 5.98. The molecule has 0 spiro atoms. The van der Waals surface area contributed by atoms with Crippen LogP contribution in [0.2, 0.25) is 0 Å². The Hall–Kier alpha value is -2.96. The molecule has 1 aromatic heterocycles. The molecule has 134 valence electrons. The summed E-state index contributed by atoms with van der Waals surface area (Å²) in [6.07, 6.45) is 5.62. The molecule has 3 aromatic rings. The van der Waals surface area contributed by atoms with E-state index < -0.39 is 5.91 Å². The number of fused-ring (bicyclic) bond motifs is 1. The van der Waals surface area contributed by atoms with Crippen molar-refractivity contribution in [2.24, 2.45) is 0 Å². The highest BCUT2D eigenvalue weighted by molar-refractivity contribution is 5.90. The molecule has 0 atom stereocenters. The van der Waals surface area contributed by atoms with Gasteiger partial charge in [0.25, 0.3) is 5.91 Å². The van der Waals surface area contributed by atoms with Crippen molar-refractivity contribution in [2.75, 3.05) is 6.54 Å². The van der Waals surface area contributed by atoms with E-state index in [-0.39, 0.29) is 5.82 Å². The molecular weight excluding hydrogens is 333 g/mol. The van der Waals surface area contributed by atoms with Gasteiger partial charge in [0.15, 0.2) is 0 Å². The highest BCUT2D eigenvalue weighted by atomic mass is 19.1. The number of nitrogens with one attached hydrogen (secondary N) is 3. The van der Waals surface area contributed by atoms with Crippen LogP contribution in [0, 0.1) is 5.82 Å². The molecule has 0 radical (unpaired) electrons. The maximum absolute atomic E-state index is 13.4. The van der Waals surface area contributed by atoms with Gasteiger partial charge in [-0.3, -0.25) is 10.0 Å². The van der Waals surface area contributed by atoms with Gasteiger partial charge in [0.2, 0.25) is 0 Å². The van der Waals surface area contributed by atoms with Gasteiger partial charge in [-0.1, -0.05) is 24.3 Å². The monoisotopic (exact) mass is 353 g/mol. The summed E-state index contributed by atoms with van der Waals surface area (Å²) in [6, 6.07) is 12.5. The first kappa shape index (κ1) is 17.8. The summed E-state index contributed by atoms with van der Waals surface area (Å²) in [6.45, 7) is 1.50. The van der Waals surface area contributed by atoms with Gasteiger partial charge in [-0.05, 0) is 53.9 Å². The Balaban J connectivity index is 1.49. The summed E-state index contributed by atoms with van der Waals surface area (Å²) in [5.74, 6) is -0.787. The van der Waals surface area contributed by atoms with Crippen LogP contribution in [0.25, 0.3) is 17.0 Å². The number of hydrogen-bond acceptors (Lipinski definition) is 3. The van der Waals surface area contributed by atoms with Gasteiger partial charge in [-0.15, -0.1) is 0 Å². The van der Waals surface area contributed by atoms with Crippen molar-refractivity contribution in [3.63, 3.8) is 0 Å². The zero-order chi connectivity index (χ0) is 18.4. The molecule has 0 saturated heterocycles. The van der Waals surface area contributed by atoms with E-state index in [0.717, 1.165) is 47.1 Å². The third kappa shape index (κ3) is 4.56. The average molecular weight is 353 g/mol. The lowest BCUT2D eigenvalue weighted by atomic mass is 10.1. The standard InChI is InChI=1S/C20H20FN3O2/c21-17-6-7-19-18(11-17)16(13-23-19)9-10-22-12-15-3-1-14(2-4-15)5-8-20(25)24-26/h1-8,11,13,22-23,26H,9-10,12H2,(H,24,25). The van der Waals surface area contributed by atoms with Crippen LogP contribution in [0.3, 0.4) is 0 Å². The summed E-state index contributed by atoms with van der Waals surface area (Å²) in [7, 11) is 0. The van der Waals surface area contributed by atoms with E-state index in [1.807, 2.05) is 30.5 Å². The minimum Gasteiger partial charge on any atom is -0.361 e. The number of aromatic amines is 1. The molecule has 0 aliphatic rings. The highest BCUT2D eigenvalue weighted by Crippen LogP contribution is 2.19. The maximum atomic E-state index is 13.4. The minimum absolute atomic E-state index is 0.225. The number of hydrogen-bond donors (Lipinski definition) is 4. The van der Waals surface area contributed by atoms with Crippen LogP contribution >= 0.6 is 0 Å². The number of halogens is 1. The number of hydroxylamine groups is 1. The van der Waals surface area contributed by atoms with E-state index in [9.17, 15) is 9.18 Å². The zero-order valence-corrected chi connectivity index (χ0v) is 14.1. The van der Waals surface area contributed by atoms with Gasteiger partial charge in [-0.25, -0.2) is 9.87 Å². The smallest absolute Gasteiger partial charge is 0.267 e. The molecule has 0 fully saturated rings. The fraction of sp³-hybridized carbons (Fsp3) is 0.150. The Labute approximate surface area is 150 Å². The van der Waals surface area contributed by atoms with Crippen molar-refractivity contribution in [2.45, 2.75) is 13.0 Å². The first-order valence-corrected chi connectivity index (χ1v) is 8.33. The number of aromatic nitrogens is 1. The Bertz CT molecular complexity index is 916. The second kappa shape index (κ2) is 8.42. The van der Waals surface area contributed by atoms with Crippen LogP contribution in [-0.2, 0) is 17.8 Å². The van der Waals surface area contributed by atoms with Gasteiger partial charge < -0.3 is 10.3 Å². The lowest BCUT2D eigenvalue weighted by Gasteiger charge is -2.05. The van der Waals surface area contributed by atoms with Gasteiger partial charge in [0.1, 0.15) is 5.82 Å². The lowest BCUT2D eigenvalue weighted by molar-refractivity contribution is -0.124. The first-order valence-electron chi connectivity index (χ1n) is 8.33. The van der Waals surface area contributed by atoms with Crippen LogP contribution < -0.4 is 10.8 Å². The molecule has 1 heterocycles. The van der Waals surface area contributed by atoms with Crippen LogP contribution in [-0.4, -0.2) is 22.6 Å². The number of rotatable bonds is 7. The number of carbonyl (C=O) groups is 1. The Morgan fingerprint density at radius 2 is 2.00 bits per heavy atom. The molecule has 0 aliphatic carbocycles. The number of H-pyrrole nitrogens is 1. The third-order valence-electron chi connectivity index (χ3n) is 4.15. The van der Waals surface area contributed by atoms with E-state index in [4.69, 9.17) is 5.21 Å². The van der Waals surface area contributed by atoms with Crippen LogP contribution in [0.4, 0.5) is 4.39 Å². The SMILES string of the molecule is O=C(C=Cc1ccc(CNCCc2c[nH]c3ccc(F)cc23)cc1)NO. The van der Waals surface area contributed by atoms with Gasteiger partial charge in [0, 0.05) is 29.7 Å². The topological polar surface area (TPSA) is 77.2 Å². The third-order valence-corrected chi connectivity index (χ3v) is 4.15. The quantitative estimate of drug-likeness (QED) is 0.228. The molecule has 0 bridgehead atoms. The van der Waals surface area contributed by atoms with Crippen molar-refractivity contribution in [3.8, 4) is 0 Å². The van der Waals surface area contributed by atoms with Crippen LogP contribution in [0.5, 0.6) is 0 Å². The predicted octanol–water partition coefficient (Wildman–Crippen LogP) is 3.16. The van der Waals surface area contributed by atoms with Crippen molar-refractivity contribution >= 4 is 22.9 Å². The average Bonchev–Trinajstić information content (AvgIpc) is 3.06. The normalized spacial score (nSPS) is 11.3. The Morgan fingerprint density at radius 3 is 2.77 bits per heavy atom. The van der Waals surface area contributed by atoms with Gasteiger partial charge in [0.05, 0.1) is 0 Å². The molecule has 4 N–H and O–H groups in total. The number of amides is 1. The van der Waals surface area contributed by atoms with Gasteiger partial charge in [-0.2, -0.15) is 0 Å². The molecule has 26 heavy (non-hydrogen) atoms. The zero-order valence-electron chi connectivity index (χ0n) is 14.1.